The minimum atomic E-state index is -0.328. The molecule has 3 aromatic rings. The van der Waals surface area contributed by atoms with Crippen molar-refractivity contribution < 1.29 is 23.5 Å². The fraction of sp³-hybridized carbons (Fsp3) is 0.231. The van der Waals surface area contributed by atoms with E-state index in [1.165, 1.54) is 12.1 Å². The molecule has 0 fully saturated rings. The number of nitrogens with one attached hydrogen (secondary N) is 1. The number of methoxy groups -OCH3 is 2. The van der Waals surface area contributed by atoms with Crippen molar-refractivity contribution in [2.45, 2.75) is 19.1 Å². The zero-order valence-electron chi connectivity index (χ0n) is 19.0. The maximum atomic E-state index is 13.4. The van der Waals surface area contributed by atoms with E-state index >= 15 is 0 Å². The van der Waals surface area contributed by atoms with Crippen molar-refractivity contribution in [3.05, 3.63) is 89.7 Å². The van der Waals surface area contributed by atoms with Crippen LogP contribution in [0, 0.1) is 5.82 Å². The lowest BCUT2D eigenvalue weighted by Crippen LogP contribution is -2.40. The summed E-state index contributed by atoms with van der Waals surface area (Å²) in [5, 5.41) is 7.14. The lowest BCUT2D eigenvalue weighted by atomic mass is 10.0. The molecule has 1 heterocycles. The molecule has 0 unspecified atom stereocenters. The summed E-state index contributed by atoms with van der Waals surface area (Å²) in [6, 6.07) is 20.5. The Labute approximate surface area is 197 Å². The van der Waals surface area contributed by atoms with Gasteiger partial charge in [0.25, 0.3) is 0 Å². The van der Waals surface area contributed by atoms with Crippen molar-refractivity contribution in [2.24, 2.45) is 5.16 Å². The zero-order chi connectivity index (χ0) is 23.9. The van der Waals surface area contributed by atoms with E-state index in [-0.39, 0.29) is 24.5 Å². The summed E-state index contributed by atoms with van der Waals surface area (Å²) < 4.78 is 23.9. The third kappa shape index (κ3) is 5.64. The Bertz CT molecular complexity index is 1150. The maximum Gasteiger partial charge on any atom is 0.322 e. The van der Waals surface area contributed by atoms with Gasteiger partial charge < -0.3 is 24.5 Å². The van der Waals surface area contributed by atoms with Gasteiger partial charge in [-0.3, -0.25) is 0 Å². The van der Waals surface area contributed by atoms with Crippen molar-refractivity contribution in [1.29, 1.82) is 0 Å². The SMILES string of the molecule is COc1ccc(C2=NO[C@H](CN(Cc3ccc(F)cc3)C(=O)Nc3ccccc3OC)C2)cc1. The number of rotatable bonds is 8. The smallest absolute Gasteiger partial charge is 0.322 e. The molecule has 1 aliphatic rings. The van der Waals surface area contributed by atoms with E-state index in [9.17, 15) is 9.18 Å². The first-order valence-electron chi connectivity index (χ1n) is 10.9. The Hall–Kier alpha value is -4.07. The van der Waals surface area contributed by atoms with Crippen molar-refractivity contribution in [3.63, 3.8) is 0 Å². The van der Waals surface area contributed by atoms with Crippen LogP contribution in [0.3, 0.4) is 0 Å². The van der Waals surface area contributed by atoms with E-state index in [0.717, 1.165) is 22.6 Å². The van der Waals surface area contributed by atoms with Crippen LogP contribution in [0.5, 0.6) is 11.5 Å². The lowest BCUT2D eigenvalue weighted by molar-refractivity contribution is 0.0608. The van der Waals surface area contributed by atoms with E-state index in [1.54, 1.807) is 43.4 Å². The van der Waals surface area contributed by atoms with Crippen LogP contribution in [-0.4, -0.2) is 43.5 Å². The molecule has 0 aliphatic carbocycles. The van der Waals surface area contributed by atoms with Crippen LogP contribution in [-0.2, 0) is 11.4 Å². The predicted molar refractivity (Wildman–Crippen MR) is 128 cm³/mol. The number of amides is 2. The van der Waals surface area contributed by atoms with Crippen LogP contribution in [0.4, 0.5) is 14.9 Å². The number of nitrogens with zero attached hydrogens (tertiary/aromatic N) is 2. The van der Waals surface area contributed by atoms with E-state index < -0.39 is 0 Å². The van der Waals surface area contributed by atoms with Gasteiger partial charge in [0, 0.05) is 13.0 Å². The van der Waals surface area contributed by atoms with Crippen molar-refractivity contribution >= 4 is 17.4 Å². The molecule has 0 saturated carbocycles. The molecule has 0 spiro atoms. The summed E-state index contributed by atoms with van der Waals surface area (Å²) >= 11 is 0. The summed E-state index contributed by atoms with van der Waals surface area (Å²) in [6.07, 6.45) is 0.231. The Morgan fingerprint density at radius 1 is 1.06 bits per heavy atom. The lowest BCUT2D eigenvalue weighted by Gasteiger charge is -2.25. The van der Waals surface area contributed by atoms with Crippen molar-refractivity contribution in [3.8, 4) is 11.5 Å². The summed E-state index contributed by atoms with van der Waals surface area (Å²) in [5.41, 5.74) is 3.10. The standard InChI is InChI=1S/C26H26FN3O4/c1-32-21-13-9-19(10-14-21)24-15-22(34-29-24)17-30(16-18-7-11-20(27)12-8-18)26(31)28-23-5-3-4-6-25(23)33-2/h3-14,22H,15-17H2,1-2H3,(H,28,31)/t22-/m0/s1. The van der Waals surface area contributed by atoms with Crippen LogP contribution in [0.1, 0.15) is 17.5 Å². The average molecular weight is 464 g/mol. The Morgan fingerprint density at radius 2 is 1.79 bits per heavy atom. The molecular formula is C26H26FN3O4. The third-order valence-corrected chi connectivity index (χ3v) is 5.50. The highest BCUT2D eigenvalue weighted by Gasteiger charge is 2.27. The molecule has 1 N–H and O–H groups in total. The molecule has 0 radical (unpaired) electrons. The summed E-state index contributed by atoms with van der Waals surface area (Å²) in [5.74, 6) is 0.989. The largest absolute Gasteiger partial charge is 0.497 e. The number of para-hydroxylation sites is 2. The van der Waals surface area contributed by atoms with Crippen LogP contribution >= 0.6 is 0 Å². The number of carbonyl (C=O) groups excluding carboxylic acids is 1. The number of anilines is 1. The first-order valence-corrected chi connectivity index (χ1v) is 10.9. The molecular weight excluding hydrogens is 437 g/mol. The van der Waals surface area contributed by atoms with Gasteiger partial charge in [0.05, 0.1) is 32.2 Å². The number of ether oxygens (including phenoxy) is 2. The van der Waals surface area contributed by atoms with Crippen LogP contribution in [0.15, 0.2) is 78.0 Å². The third-order valence-electron chi connectivity index (χ3n) is 5.50. The average Bonchev–Trinajstić information content (AvgIpc) is 3.34. The van der Waals surface area contributed by atoms with Crippen molar-refractivity contribution in [1.82, 2.24) is 4.90 Å². The minimum absolute atomic E-state index is 0.277. The van der Waals surface area contributed by atoms with Gasteiger partial charge >= 0.3 is 6.03 Å². The quantitative estimate of drug-likeness (QED) is 0.506. The topological polar surface area (TPSA) is 72.4 Å². The highest BCUT2D eigenvalue weighted by molar-refractivity contribution is 6.01. The summed E-state index contributed by atoms with van der Waals surface area (Å²) in [6.45, 7) is 0.570. The zero-order valence-corrected chi connectivity index (χ0v) is 19.0. The van der Waals surface area contributed by atoms with E-state index in [4.69, 9.17) is 14.3 Å². The van der Waals surface area contributed by atoms with Crippen LogP contribution in [0.25, 0.3) is 0 Å². The van der Waals surface area contributed by atoms with Crippen molar-refractivity contribution in [2.75, 3.05) is 26.1 Å². The molecule has 0 bridgehead atoms. The number of oxime groups is 1. The summed E-state index contributed by atoms with van der Waals surface area (Å²) in [4.78, 5) is 20.5. The highest BCUT2D eigenvalue weighted by atomic mass is 19.1. The molecule has 7 nitrogen and oxygen atoms in total. The number of urea groups is 1. The number of hydrogen-bond donors (Lipinski definition) is 1. The molecule has 2 amide bonds. The Kier molecular flexibility index (Phi) is 7.27. The van der Waals surface area contributed by atoms with Gasteiger partial charge in [0.1, 0.15) is 17.3 Å². The van der Waals surface area contributed by atoms with Gasteiger partial charge in [-0.1, -0.05) is 29.4 Å². The van der Waals surface area contributed by atoms with Gasteiger partial charge in [-0.05, 0) is 59.7 Å². The van der Waals surface area contributed by atoms with E-state index in [2.05, 4.69) is 10.5 Å². The molecule has 3 aromatic carbocycles. The van der Waals surface area contributed by atoms with Gasteiger partial charge in [-0.25, -0.2) is 9.18 Å². The number of benzene rings is 3. The number of carbonyl (C=O) groups is 1. The van der Waals surface area contributed by atoms with Crippen LogP contribution in [0.2, 0.25) is 0 Å². The second-order valence-electron chi connectivity index (χ2n) is 7.84. The Balaban J connectivity index is 1.47. The van der Waals surface area contributed by atoms with E-state index in [0.29, 0.717) is 24.4 Å². The second kappa shape index (κ2) is 10.7. The normalized spacial score (nSPS) is 14.7. The molecule has 8 heteroatoms. The van der Waals surface area contributed by atoms with Crippen LogP contribution < -0.4 is 14.8 Å². The molecule has 34 heavy (non-hydrogen) atoms. The molecule has 4 rings (SSSR count). The Morgan fingerprint density at radius 3 is 2.50 bits per heavy atom. The van der Waals surface area contributed by atoms with Gasteiger partial charge in [-0.15, -0.1) is 0 Å². The number of hydrogen-bond acceptors (Lipinski definition) is 5. The van der Waals surface area contributed by atoms with Gasteiger partial charge in [0.15, 0.2) is 6.10 Å². The molecule has 1 atom stereocenters. The van der Waals surface area contributed by atoms with E-state index in [1.807, 2.05) is 36.4 Å². The first kappa shape index (κ1) is 23.1. The minimum Gasteiger partial charge on any atom is -0.497 e. The predicted octanol–water partition coefficient (Wildman–Crippen LogP) is 5.07. The van der Waals surface area contributed by atoms with Gasteiger partial charge in [-0.2, -0.15) is 0 Å². The fourth-order valence-corrected chi connectivity index (χ4v) is 3.70. The maximum absolute atomic E-state index is 13.4. The molecule has 176 valence electrons. The van der Waals surface area contributed by atoms with Gasteiger partial charge in [0.2, 0.25) is 0 Å². The first-order chi connectivity index (χ1) is 16.6. The number of halogens is 1. The molecule has 0 aromatic heterocycles. The highest BCUT2D eigenvalue weighted by Crippen LogP contribution is 2.25. The second-order valence-corrected chi connectivity index (χ2v) is 7.84. The molecule has 0 saturated heterocycles. The molecule has 1 aliphatic heterocycles. The monoisotopic (exact) mass is 463 g/mol. The summed E-state index contributed by atoms with van der Waals surface area (Å²) in [7, 11) is 3.17. The fourth-order valence-electron chi connectivity index (χ4n) is 3.70.